The summed E-state index contributed by atoms with van der Waals surface area (Å²) in [5.41, 5.74) is 0.232. The Morgan fingerprint density at radius 3 is 2.07 bits per heavy atom. The third kappa shape index (κ3) is 1.74. The van der Waals surface area contributed by atoms with Gasteiger partial charge < -0.3 is 5.32 Å². The number of rotatable bonds is 3. The first kappa shape index (κ1) is 11.8. The van der Waals surface area contributed by atoms with Crippen molar-refractivity contribution in [2.24, 2.45) is 16.7 Å². The van der Waals surface area contributed by atoms with E-state index in [1.165, 1.54) is 0 Å². The molecular weight excluding hydrogens is 242 g/mol. The Labute approximate surface area is 94.3 Å². The largest absolute Gasteiger partial charge is 0.351 e. The highest BCUT2D eigenvalue weighted by Crippen LogP contribution is 2.68. The number of hydrogen-bond acceptors (Lipinski definition) is 1. The van der Waals surface area contributed by atoms with Crippen LogP contribution in [0.2, 0.25) is 0 Å². The number of halogens is 1. The van der Waals surface area contributed by atoms with Crippen molar-refractivity contribution in [1.82, 2.24) is 5.32 Å². The summed E-state index contributed by atoms with van der Waals surface area (Å²) in [7, 11) is 0. The van der Waals surface area contributed by atoms with E-state index in [2.05, 4.69) is 55.5 Å². The standard InChI is InChI=1S/C11H18BrNO/c1-7(12)6-13-9(14)8-10(2,3)11(8,4)5/h8H,1,6H2,2-5H3,(H,13,14). The van der Waals surface area contributed by atoms with Crippen molar-refractivity contribution in [3.8, 4) is 0 Å². The van der Waals surface area contributed by atoms with Gasteiger partial charge in [0.2, 0.25) is 5.91 Å². The molecule has 1 rings (SSSR count). The third-order valence-corrected chi connectivity index (χ3v) is 4.02. The zero-order valence-electron chi connectivity index (χ0n) is 9.28. The second-order valence-electron chi connectivity index (χ2n) is 5.11. The molecule has 0 spiro atoms. The molecule has 1 aliphatic carbocycles. The van der Waals surface area contributed by atoms with Crippen LogP contribution in [0.25, 0.3) is 0 Å². The highest BCUT2D eigenvalue weighted by molar-refractivity contribution is 9.11. The van der Waals surface area contributed by atoms with Gasteiger partial charge in [0.15, 0.2) is 0 Å². The average molecular weight is 260 g/mol. The normalized spacial score (nSPS) is 22.9. The van der Waals surface area contributed by atoms with Crippen LogP contribution >= 0.6 is 15.9 Å². The highest BCUT2D eigenvalue weighted by atomic mass is 79.9. The van der Waals surface area contributed by atoms with Gasteiger partial charge in [0, 0.05) is 16.9 Å². The first-order valence-corrected chi connectivity index (χ1v) is 5.61. The van der Waals surface area contributed by atoms with Crippen molar-refractivity contribution in [1.29, 1.82) is 0 Å². The van der Waals surface area contributed by atoms with Gasteiger partial charge in [0.1, 0.15) is 0 Å². The lowest BCUT2D eigenvalue weighted by molar-refractivity contribution is -0.123. The predicted octanol–water partition coefficient (Wildman–Crippen LogP) is 2.69. The fraction of sp³-hybridized carbons (Fsp3) is 0.727. The van der Waals surface area contributed by atoms with Crippen LogP contribution in [-0.4, -0.2) is 12.5 Å². The molecule has 1 amide bonds. The summed E-state index contributed by atoms with van der Waals surface area (Å²) in [6.07, 6.45) is 0. The smallest absolute Gasteiger partial charge is 0.224 e. The summed E-state index contributed by atoms with van der Waals surface area (Å²) in [6.45, 7) is 12.8. The molecule has 14 heavy (non-hydrogen) atoms. The number of hydrogen-bond donors (Lipinski definition) is 1. The van der Waals surface area contributed by atoms with Crippen LogP contribution in [0.1, 0.15) is 27.7 Å². The van der Waals surface area contributed by atoms with Crippen LogP contribution in [0.3, 0.4) is 0 Å². The lowest BCUT2D eigenvalue weighted by Gasteiger charge is -2.04. The summed E-state index contributed by atoms with van der Waals surface area (Å²) in [5.74, 6) is 0.266. The summed E-state index contributed by atoms with van der Waals surface area (Å²) in [6, 6.07) is 0. The zero-order valence-corrected chi connectivity index (χ0v) is 10.9. The SMILES string of the molecule is C=C(Br)CNC(=O)C1C(C)(C)C1(C)C. The Balaban J connectivity index is 2.54. The van der Waals surface area contributed by atoms with Crippen LogP contribution in [0, 0.1) is 16.7 Å². The number of nitrogens with one attached hydrogen (secondary N) is 1. The maximum atomic E-state index is 11.8. The quantitative estimate of drug-likeness (QED) is 0.830. The van der Waals surface area contributed by atoms with Gasteiger partial charge in [-0.25, -0.2) is 0 Å². The van der Waals surface area contributed by atoms with E-state index in [9.17, 15) is 4.79 Å². The van der Waals surface area contributed by atoms with Gasteiger partial charge in [-0.2, -0.15) is 0 Å². The van der Waals surface area contributed by atoms with Gasteiger partial charge in [-0.15, -0.1) is 0 Å². The zero-order chi connectivity index (χ0) is 11.1. The topological polar surface area (TPSA) is 29.1 Å². The van der Waals surface area contributed by atoms with Gasteiger partial charge >= 0.3 is 0 Å². The summed E-state index contributed by atoms with van der Waals surface area (Å²) < 4.78 is 0.808. The first-order valence-electron chi connectivity index (χ1n) is 4.82. The molecule has 3 heteroatoms. The molecule has 2 nitrogen and oxygen atoms in total. The number of carbonyl (C=O) groups is 1. The molecule has 0 saturated heterocycles. The summed E-state index contributed by atoms with van der Waals surface area (Å²) in [5, 5.41) is 2.87. The Morgan fingerprint density at radius 1 is 1.36 bits per heavy atom. The monoisotopic (exact) mass is 259 g/mol. The van der Waals surface area contributed by atoms with Crippen molar-refractivity contribution in [3.05, 3.63) is 11.1 Å². The minimum Gasteiger partial charge on any atom is -0.351 e. The molecule has 0 aromatic heterocycles. The van der Waals surface area contributed by atoms with E-state index in [1.807, 2.05) is 0 Å². The molecule has 0 aliphatic heterocycles. The predicted molar refractivity (Wildman–Crippen MR) is 62.1 cm³/mol. The molecule has 1 saturated carbocycles. The minimum absolute atomic E-state index is 0.116. The van der Waals surface area contributed by atoms with Crippen molar-refractivity contribution in [2.45, 2.75) is 27.7 Å². The highest BCUT2D eigenvalue weighted by Gasteiger charge is 2.68. The van der Waals surface area contributed by atoms with E-state index in [4.69, 9.17) is 0 Å². The van der Waals surface area contributed by atoms with Crippen LogP contribution in [0.4, 0.5) is 0 Å². The van der Waals surface area contributed by atoms with Gasteiger partial charge in [-0.3, -0.25) is 4.79 Å². The minimum atomic E-state index is 0.116. The van der Waals surface area contributed by atoms with Crippen LogP contribution in [0.15, 0.2) is 11.1 Å². The van der Waals surface area contributed by atoms with Crippen molar-refractivity contribution < 1.29 is 4.79 Å². The lowest BCUT2D eigenvalue weighted by atomic mass is 10.0. The summed E-state index contributed by atoms with van der Waals surface area (Å²) in [4.78, 5) is 11.8. The number of amides is 1. The fourth-order valence-electron chi connectivity index (χ4n) is 2.14. The Morgan fingerprint density at radius 2 is 1.79 bits per heavy atom. The first-order chi connectivity index (χ1) is 6.21. The van der Waals surface area contributed by atoms with E-state index in [0.29, 0.717) is 6.54 Å². The fourth-order valence-corrected chi connectivity index (χ4v) is 2.28. The third-order valence-electron chi connectivity index (χ3n) is 3.74. The molecule has 0 aromatic carbocycles. The Kier molecular flexibility index (Phi) is 2.83. The maximum Gasteiger partial charge on any atom is 0.224 e. The Hall–Kier alpha value is -0.310. The van der Waals surface area contributed by atoms with Crippen LogP contribution < -0.4 is 5.32 Å². The molecule has 0 aromatic rings. The second-order valence-corrected chi connectivity index (χ2v) is 6.23. The molecular formula is C11H18BrNO. The van der Waals surface area contributed by atoms with E-state index in [0.717, 1.165) is 4.48 Å². The molecule has 0 radical (unpaired) electrons. The molecule has 0 atom stereocenters. The van der Waals surface area contributed by atoms with E-state index in [1.54, 1.807) is 0 Å². The van der Waals surface area contributed by atoms with Crippen molar-refractivity contribution in [2.75, 3.05) is 6.54 Å². The van der Waals surface area contributed by atoms with E-state index < -0.39 is 0 Å². The van der Waals surface area contributed by atoms with Crippen molar-refractivity contribution in [3.63, 3.8) is 0 Å². The molecule has 0 bridgehead atoms. The Bertz CT molecular complexity index is 267. The van der Waals surface area contributed by atoms with E-state index in [-0.39, 0.29) is 22.7 Å². The average Bonchev–Trinajstić information content (AvgIpc) is 2.39. The van der Waals surface area contributed by atoms with Crippen LogP contribution in [-0.2, 0) is 4.79 Å². The van der Waals surface area contributed by atoms with Crippen molar-refractivity contribution >= 4 is 21.8 Å². The molecule has 1 fully saturated rings. The van der Waals surface area contributed by atoms with Gasteiger partial charge in [0.05, 0.1) is 0 Å². The van der Waals surface area contributed by atoms with E-state index >= 15 is 0 Å². The van der Waals surface area contributed by atoms with Gasteiger partial charge in [0.25, 0.3) is 0 Å². The molecule has 1 aliphatic rings. The number of carbonyl (C=O) groups excluding carboxylic acids is 1. The van der Waals surface area contributed by atoms with Crippen LogP contribution in [0.5, 0.6) is 0 Å². The molecule has 80 valence electrons. The van der Waals surface area contributed by atoms with Gasteiger partial charge in [-0.05, 0) is 10.8 Å². The molecule has 0 heterocycles. The molecule has 1 N–H and O–H groups in total. The second kappa shape index (κ2) is 3.37. The molecule has 0 unspecified atom stereocenters. The summed E-state index contributed by atoms with van der Waals surface area (Å²) >= 11 is 3.22. The lowest BCUT2D eigenvalue weighted by Crippen LogP contribution is -2.28. The van der Waals surface area contributed by atoms with Gasteiger partial charge in [-0.1, -0.05) is 50.2 Å². The maximum absolute atomic E-state index is 11.8.